The van der Waals surface area contributed by atoms with Crippen LogP contribution in [0.4, 0.5) is 23.7 Å². The summed E-state index contributed by atoms with van der Waals surface area (Å²) >= 11 is 0.701. The number of fused-ring (bicyclic) bond motifs is 1. The number of anilines is 1. The molecule has 1 heterocycles. The molecule has 2 aliphatic rings. The van der Waals surface area contributed by atoms with Crippen LogP contribution in [0.25, 0.3) is 17.2 Å². The molecule has 0 radical (unpaired) electrons. The van der Waals surface area contributed by atoms with E-state index in [9.17, 15) is 22.8 Å². The standard InChI is InChI=1S/C27H29F3N2O3S/c1-25(2)9-10-26(3,4)19-14-20(32(5)6)17(13-18(19)25)16-8-7-15(11-21(16)35-27(28,29)30)12-22-23(33)31-24(34)36-22/h7-8,11-14H,9-10H2,1-6H3,(H,31,33,34). The number of amides is 2. The van der Waals surface area contributed by atoms with E-state index in [4.69, 9.17) is 0 Å². The predicted octanol–water partition coefficient (Wildman–Crippen LogP) is 6.99. The average molecular weight is 519 g/mol. The Balaban J connectivity index is 1.93. The maximum atomic E-state index is 13.5. The minimum Gasteiger partial charge on any atom is -0.405 e. The van der Waals surface area contributed by atoms with Crippen molar-refractivity contribution in [2.45, 2.75) is 57.7 Å². The van der Waals surface area contributed by atoms with E-state index in [0.717, 1.165) is 24.1 Å². The number of nitrogens with zero attached hydrogens (tertiary/aromatic N) is 1. The van der Waals surface area contributed by atoms with Gasteiger partial charge >= 0.3 is 6.36 Å². The Morgan fingerprint density at radius 3 is 2.11 bits per heavy atom. The highest BCUT2D eigenvalue weighted by atomic mass is 32.2. The molecule has 2 amide bonds. The van der Waals surface area contributed by atoms with Crippen LogP contribution in [0, 0.1) is 0 Å². The van der Waals surface area contributed by atoms with E-state index in [1.165, 1.54) is 17.7 Å². The minimum atomic E-state index is -4.91. The first-order chi connectivity index (χ1) is 16.6. The van der Waals surface area contributed by atoms with E-state index >= 15 is 0 Å². The van der Waals surface area contributed by atoms with E-state index < -0.39 is 17.5 Å². The van der Waals surface area contributed by atoms with Crippen LogP contribution in [0.1, 0.15) is 57.2 Å². The van der Waals surface area contributed by atoms with Crippen LogP contribution in [0.5, 0.6) is 5.75 Å². The summed E-state index contributed by atoms with van der Waals surface area (Å²) in [4.78, 5) is 25.4. The minimum absolute atomic E-state index is 0.0631. The van der Waals surface area contributed by atoms with Gasteiger partial charge in [0.2, 0.25) is 0 Å². The normalized spacial score (nSPS) is 19.8. The highest BCUT2D eigenvalue weighted by Gasteiger charge is 2.39. The molecular formula is C27H29F3N2O3S. The number of nitrogens with one attached hydrogen (secondary N) is 1. The Labute approximate surface area is 213 Å². The van der Waals surface area contributed by atoms with Crippen LogP contribution in [0.2, 0.25) is 0 Å². The number of thioether (sulfide) groups is 1. The molecule has 36 heavy (non-hydrogen) atoms. The lowest BCUT2D eigenvalue weighted by atomic mass is 9.62. The van der Waals surface area contributed by atoms with Crippen molar-refractivity contribution in [2.75, 3.05) is 19.0 Å². The first-order valence-corrected chi connectivity index (χ1v) is 12.4. The van der Waals surface area contributed by atoms with Crippen molar-refractivity contribution in [1.82, 2.24) is 5.32 Å². The number of halogens is 3. The molecule has 192 valence electrons. The molecule has 0 unspecified atom stereocenters. The summed E-state index contributed by atoms with van der Waals surface area (Å²) in [7, 11) is 3.73. The third-order valence-corrected chi connectivity index (χ3v) is 7.72. The first-order valence-electron chi connectivity index (χ1n) is 11.6. The maximum Gasteiger partial charge on any atom is 0.573 e. The Kier molecular flexibility index (Phi) is 6.44. The van der Waals surface area contributed by atoms with Crippen molar-refractivity contribution in [3.8, 4) is 16.9 Å². The van der Waals surface area contributed by atoms with Crippen molar-refractivity contribution in [3.63, 3.8) is 0 Å². The van der Waals surface area contributed by atoms with Gasteiger partial charge in [-0.1, -0.05) is 33.8 Å². The van der Waals surface area contributed by atoms with Crippen LogP contribution < -0.4 is 15.0 Å². The largest absolute Gasteiger partial charge is 0.573 e. The van der Waals surface area contributed by atoms with Gasteiger partial charge in [-0.15, -0.1) is 13.2 Å². The monoisotopic (exact) mass is 518 g/mol. The van der Waals surface area contributed by atoms with E-state index in [1.54, 1.807) is 12.1 Å². The van der Waals surface area contributed by atoms with E-state index in [0.29, 0.717) is 28.5 Å². The van der Waals surface area contributed by atoms with Crippen LogP contribution in [-0.4, -0.2) is 31.6 Å². The Morgan fingerprint density at radius 1 is 0.972 bits per heavy atom. The zero-order chi connectivity index (χ0) is 26.6. The van der Waals surface area contributed by atoms with Gasteiger partial charge < -0.3 is 9.64 Å². The summed E-state index contributed by atoms with van der Waals surface area (Å²) in [6.07, 6.45) is -1.56. The van der Waals surface area contributed by atoms with Gasteiger partial charge in [-0.3, -0.25) is 14.9 Å². The molecule has 1 aliphatic heterocycles. The van der Waals surface area contributed by atoms with Gasteiger partial charge in [0.25, 0.3) is 11.1 Å². The van der Waals surface area contributed by atoms with Gasteiger partial charge in [-0.2, -0.15) is 0 Å². The summed E-state index contributed by atoms with van der Waals surface area (Å²) < 4.78 is 44.9. The molecule has 0 aromatic heterocycles. The number of carbonyl (C=O) groups excluding carboxylic acids is 2. The Bertz CT molecular complexity index is 1280. The second kappa shape index (κ2) is 8.87. The molecule has 2 aromatic rings. The SMILES string of the molecule is CN(C)c1cc2c(cc1-c1ccc(C=C3SC(=O)NC3=O)cc1OC(F)(F)F)C(C)(C)CCC2(C)C. The highest BCUT2D eigenvalue weighted by Crippen LogP contribution is 2.50. The fourth-order valence-corrected chi connectivity index (χ4v) is 5.50. The number of imide groups is 1. The number of hydrogen-bond donors (Lipinski definition) is 1. The highest BCUT2D eigenvalue weighted by molar-refractivity contribution is 8.18. The topological polar surface area (TPSA) is 58.6 Å². The predicted molar refractivity (Wildman–Crippen MR) is 137 cm³/mol. The van der Waals surface area contributed by atoms with Gasteiger partial charge in [-0.25, -0.2) is 0 Å². The Morgan fingerprint density at radius 2 is 1.58 bits per heavy atom. The molecule has 1 saturated heterocycles. The number of carbonyl (C=O) groups is 2. The molecule has 0 saturated carbocycles. The summed E-state index contributed by atoms with van der Waals surface area (Å²) in [5.41, 5.74) is 4.13. The van der Waals surface area contributed by atoms with Crippen LogP contribution in [0.15, 0.2) is 35.2 Å². The zero-order valence-electron chi connectivity index (χ0n) is 21.1. The second-order valence-corrected chi connectivity index (χ2v) is 11.7. The lowest BCUT2D eigenvalue weighted by molar-refractivity contribution is -0.274. The number of ether oxygens (including phenoxy) is 1. The van der Waals surface area contributed by atoms with E-state index in [-0.39, 0.29) is 21.5 Å². The maximum absolute atomic E-state index is 13.5. The van der Waals surface area contributed by atoms with Crippen LogP contribution in [0.3, 0.4) is 0 Å². The van der Waals surface area contributed by atoms with Crippen LogP contribution in [-0.2, 0) is 15.6 Å². The van der Waals surface area contributed by atoms with Crippen LogP contribution >= 0.6 is 11.8 Å². The van der Waals surface area contributed by atoms with E-state index in [1.807, 2.05) is 25.1 Å². The van der Waals surface area contributed by atoms with Gasteiger partial charge in [0.15, 0.2) is 0 Å². The molecule has 5 nitrogen and oxygen atoms in total. The molecule has 2 aromatic carbocycles. The molecule has 0 atom stereocenters. The molecule has 9 heteroatoms. The van der Waals surface area contributed by atoms with Crippen molar-refractivity contribution in [1.29, 1.82) is 0 Å². The van der Waals surface area contributed by atoms with Crippen molar-refractivity contribution < 1.29 is 27.5 Å². The number of alkyl halides is 3. The molecule has 1 N–H and O–H groups in total. The van der Waals surface area contributed by atoms with Crippen molar-refractivity contribution in [3.05, 3.63) is 51.9 Å². The third-order valence-electron chi connectivity index (χ3n) is 6.91. The second-order valence-electron chi connectivity index (χ2n) is 10.7. The number of hydrogen-bond acceptors (Lipinski definition) is 5. The lowest BCUT2D eigenvalue weighted by Crippen LogP contribution is -2.34. The van der Waals surface area contributed by atoms with Gasteiger partial charge in [0, 0.05) is 30.9 Å². The summed E-state index contributed by atoms with van der Waals surface area (Å²) in [5, 5.41) is 1.62. The fourth-order valence-electron chi connectivity index (χ4n) is 4.82. The molecular weight excluding hydrogens is 489 g/mol. The van der Waals surface area contributed by atoms with E-state index in [2.05, 4.69) is 43.8 Å². The summed E-state index contributed by atoms with van der Waals surface area (Å²) in [6, 6.07) is 8.53. The molecule has 1 fully saturated rings. The molecule has 0 spiro atoms. The summed E-state index contributed by atoms with van der Waals surface area (Å²) in [5.74, 6) is -0.954. The fraction of sp³-hybridized carbons (Fsp3) is 0.407. The smallest absolute Gasteiger partial charge is 0.405 e. The Hall–Kier alpha value is -2.94. The first kappa shape index (κ1) is 26.1. The van der Waals surface area contributed by atoms with Crippen molar-refractivity contribution in [2.24, 2.45) is 0 Å². The summed E-state index contributed by atoms with van der Waals surface area (Å²) in [6.45, 7) is 8.72. The van der Waals surface area contributed by atoms with Crippen molar-refractivity contribution >= 4 is 34.7 Å². The van der Waals surface area contributed by atoms with Gasteiger partial charge in [0.05, 0.1) is 4.91 Å². The third kappa shape index (κ3) is 5.12. The number of benzene rings is 2. The molecule has 1 aliphatic carbocycles. The molecule has 0 bridgehead atoms. The zero-order valence-corrected chi connectivity index (χ0v) is 21.9. The van der Waals surface area contributed by atoms with Gasteiger partial charge in [0.1, 0.15) is 5.75 Å². The molecule has 4 rings (SSSR count). The number of rotatable bonds is 4. The average Bonchev–Trinajstić information content (AvgIpc) is 3.06. The lowest BCUT2D eigenvalue weighted by Gasteiger charge is -2.43. The quantitative estimate of drug-likeness (QED) is 0.442. The van der Waals surface area contributed by atoms with Gasteiger partial charge in [-0.05, 0) is 82.5 Å².